The highest BCUT2D eigenvalue weighted by Gasteiger charge is 2.15. The third-order valence-corrected chi connectivity index (χ3v) is 3.12. The molecule has 2 N–H and O–H groups in total. The van der Waals surface area contributed by atoms with Crippen molar-refractivity contribution in [1.29, 1.82) is 0 Å². The number of ether oxygens (including phenoxy) is 2. The lowest BCUT2D eigenvalue weighted by atomic mass is 10.1. The molecule has 0 aromatic heterocycles. The van der Waals surface area contributed by atoms with Gasteiger partial charge in [-0.1, -0.05) is 6.07 Å². The summed E-state index contributed by atoms with van der Waals surface area (Å²) in [6, 6.07) is 7.50. The van der Waals surface area contributed by atoms with Crippen LogP contribution in [0, 0.1) is 0 Å². The number of hydrogen-bond acceptors (Lipinski definition) is 4. The number of amides is 1. The summed E-state index contributed by atoms with van der Waals surface area (Å²) in [6.07, 6.45) is 1.95. The second-order valence-corrected chi connectivity index (χ2v) is 4.56. The quantitative estimate of drug-likeness (QED) is 0.831. The van der Waals surface area contributed by atoms with Gasteiger partial charge < -0.3 is 20.1 Å². The summed E-state index contributed by atoms with van der Waals surface area (Å²) in [5, 5.41) is 6.24. The molecule has 2 rings (SSSR count). The summed E-state index contributed by atoms with van der Waals surface area (Å²) >= 11 is 0. The van der Waals surface area contributed by atoms with Crippen molar-refractivity contribution in [3.63, 3.8) is 0 Å². The minimum absolute atomic E-state index is 0.0388. The van der Waals surface area contributed by atoms with E-state index in [1.807, 2.05) is 12.1 Å². The fourth-order valence-corrected chi connectivity index (χ4v) is 2.08. The van der Waals surface area contributed by atoms with Crippen LogP contribution in [0.1, 0.15) is 12.8 Å². The summed E-state index contributed by atoms with van der Waals surface area (Å²) in [7, 11) is 1.60. The topological polar surface area (TPSA) is 59.6 Å². The average Bonchev–Trinajstić information content (AvgIpc) is 2.46. The normalized spacial score (nSPS) is 15.8. The van der Waals surface area contributed by atoms with Crippen LogP contribution in [0.25, 0.3) is 0 Å². The van der Waals surface area contributed by atoms with Crippen LogP contribution in [-0.4, -0.2) is 38.8 Å². The molecule has 0 saturated carbocycles. The van der Waals surface area contributed by atoms with Gasteiger partial charge in [0.05, 0.1) is 7.11 Å². The Hall–Kier alpha value is -1.75. The Balaban J connectivity index is 1.76. The molecular formula is C14H20N2O3. The maximum atomic E-state index is 11.8. The zero-order valence-corrected chi connectivity index (χ0v) is 11.1. The van der Waals surface area contributed by atoms with Gasteiger partial charge in [-0.2, -0.15) is 0 Å². The van der Waals surface area contributed by atoms with Crippen molar-refractivity contribution < 1.29 is 14.3 Å². The Morgan fingerprint density at radius 1 is 1.37 bits per heavy atom. The Morgan fingerprint density at radius 3 is 2.84 bits per heavy atom. The average molecular weight is 264 g/mol. The summed E-state index contributed by atoms with van der Waals surface area (Å²) in [5.41, 5.74) is 0. The van der Waals surface area contributed by atoms with Gasteiger partial charge in [-0.05, 0) is 38.1 Å². The largest absolute Gasteiger partial charge is 0.497 e. The number of nitrogens with one attached hydrogen (secondary N) is 2. The Morgan fingerprint density at radius 2 is 2.11 bits per heavy atom. The van der Waals surface area contributed by atoms with Crippen LogP contribution in [0.2, 0.25) is 0 Å². The Labute approximate surface area is 113 Å². The molecule has 1 aliphatic heterocycles. The smallest absolute Gasteiger partial charge is 0.258 e. The molecule has 1 saturated heterocycles. The van der Waals surface area contributed by atoms with Gasteiger partial charge in [0.15, 0.2) is 6.61 Å². The van der Waals surface area contributed by atoms with Gasteiger partial charge >= 0.3 is 0 Å². The van der Waals surface area contributed by atoms with Crippen molar-refractivity contribution in [3.8, 4) is 11.5 Å². The molecule has 104 valence electrons. The van der Waals surface area contributed by atoms with Crippen molar-refractivity contribution in [2.24, 2.45) is 0 Å². The van der Waals surface area contributed by atoms with E-state index in [9.17, 15) is 4.79 Å². The predicted molar refractivity (Wildman–Crippen MR) is 72.5 cm³/mol. The molecular weight excluding hydrogens is 244 g/mol. The van der Waals surface area contributed by atoms with Crippen LogP contribution in [-0.2, 0) is 4.79 Å². The van der Waals surface area contributed by atoms with E-state index < -0.39 is 0 Å². The maximum absolute atomic E-state index is 11.8. The Kier molecular flexibility index (Phi) is 5.03. The molecule has 0 unspecified atom stereocenters. The van der Waals surface area contributed by atoms with Crippen molar-refractivity contribution in [1.82, 2.24) is 10.6 Å². The molecule has 0 bridgehead atoms. The van der Waals surface area contributed by atoms with E-state index in [4.69, 9.17) is 9.47 Å². The van der Waals surface area contributed by atoms with E-state index in [0.29, 0.717) is 5.75 Å². The van der Waals surface area contributed by atoms with Crippen molar-refractivity contribution in [2.75, 3.05) is 26.8 Å². The number of rotatable bonds is 5. The minimum atomic E-state index is -0.0743. The summed E-state index contributed by atoms with van der Waals surface area (Å²) in [4.78, 5) is 11.8. The van der Waals surface area contributed by atoms with Crippen LogP contribution in [0.4, 0.5) is 0 Å². The summed E-state index contributed by atoms with van der Waals surface area (Å²) < 4.78 is 10.5. The third kappa shape index (κ3) is 4.44. The van der Waals surface area contributed by atoms with E-state index in [-0.39, 0.29) is 18.6 Å². The minimum Gasteiger partial charge on any atom is -0.497 e. The van der Waals surface area contributed by atoms with Gasteiger partial charge in [0.1, 0.15) is 11.5 Å². The molecule has 1 amide bonds. The van der Waals surface area contributed by atoms with Crippen LogP contribution < -0.4 is 20.1 Å². The highest BCUT2D eigenvalue weighted by Crippen LogP contribution is 2.18. The van der Waals surface area contributed by atoms with Gasteiger partial charge in [-0.15, -0.1) is 0 Å². The lowest BCUT2D eigenvalue weighted by Gasteiger charge is -2.23. The maximum Gasteiger partial charge on any atom is 0.258 e. The zero-order chi connectivity index (χ0) is 13.5. The van der Waals surface area contributed by atoms with E-state index in [0.717, 1.165) is 31.7 Å². The number of piperidine rings is 1. The zero-order valence-electron chi connectivity index (χ0n) is 11.1. The van der Waals surface area contributed by atoms with Crippen LogP contribution in [0.15, 0.2) is 24.3 Å². The van der Waals surface area contributed by atoms with Gasteiger partial charge in [-0.3, -0.25) is 4.79 Å². The number of carbonyl (C=O) groups excluding carboxylic acids is 1. The van der Waals surface area contributed by atoms with Crippen LogP contribution in [0.5, 0.6) is 11.5 Å². The lowest BCUT2D eigenvalue weighted by Crippen LogP contribution is -2.44. The standard InChI is InChI=1S/C14H20N2O3/c1-18-12-3-2-4-13(9-12)19-10-14(17)16-11-5-7-15-8-6-11/h2-4,9,11,15H,5-8,10H2,1H3,(H,16,17). The number of methoxy groups -OCH3 is 1. The highest BCUT2D eigenvalue weighted by molar-refractivity contribution is 5.77. The molecule has 1 heterocycles. The molecule has 0 aliphatic carbocycles. The molecule has 5 nitrogen and oxygen atoms in total. The first-order valence-electron chi connectivity index (χ1n) is 6.55. The first-order valence-corrected chi connectivity index (χ1v) is 6.55. The van der Waals surface area contributed by atoms with Crippen molar-refractivity contribution in [3.05, 3.63) is 24.3 Å². The molecule has 1 aromatic rings. The molecule has 1 aliphatic rings. The number of benzene rings is 1. The predicted octanol–water partition coefficient (Wildman–Crippen LogP) is 0.942. The summed E-state index contributed by atoms with van der Waals surface area (Å²) in [5.74, 6) is 1.28. The molecule has 0 atom stereocenters. The second-order valence-electron chi connectivity index (χ2n) is 4.56. The molecule has 1 fully saturated rings. The van der Waals surface area contributed by atoms with Crippen LogP contribution >= 0.6 is 0 Å². The first-order chi connectivity index (χ1) is 9.28. The van der Waals surface area contributed by atoms with E-state index in [2.05, 4.69) is 10.6 Å². The van der Waals surface area contributed by atoms with Gasteiger partial charge in [0.25, 0.3) is 5.91 Å². The monoisotopic (exact) mass is 264 g/mol. The highest BCUT2D eigenvalue weighted by atomic mass is 16.5. The van der Waals surface area contributed by atoms with Crippen molar-refractivity contribution >= 4 is 5.91 Å². The van der Waals surface area contributed by atoms with Gasteiger partial charge in [0.2, 0.25) is 0 Å². The second kappa shape index (κ2) is 6.99. The number of carbonyl (C=O) groups is 1. The first kappa shape index (κ1) is 13.7. The van der Waals surface area contributed by atoms with E-state index in [1.54, 1.807) is 19.2 Å². The molecule has 19 heavy (non-hydrogen) atoms. The lowest BCUT2D eigenvalue weighted by molar-refractivity contribution is -0.123. The summed E-state index contributed by atoms with van der Waals surface area (Å²) in [6.45, 7) is 1.96. The van der Waals surface area contributed by atoms with E-state index >= 15 is 0 Å². The molecule has 0 spiro atoms. The number of hydrogen-bond donors (Lipinski definition) is 2. The molecule has 5 heteroatoms. The van der Waals surface area contributed by atoms with Crippen molar-refractivity contribution in [2.45, 2.75) is 18.9 Å². The Bertz CT molecular complexity index is 417. The fourth-order valence-electron chi connectivity index (χ4n) is 2.08. The SMILES string of the molecule is COc1cccc(OCC(=O)NC2CCNCC2)c1. The molecule has 0 radical (unpaired) electrons. The third-order valence-electron chi connectivity index (χ3n) is 3.12. The fraction of sp³-hybridized carbons (Fsp3) is 0.500. The van der Waals surface area contributed by atoms with Gasteiger partial charge in [-0.25, -0.2) is 0 Å². The van der Waals surface area contributed by atoms with Crippen LogP contribution in [0.3, 0.4) is 0 Å². The molecule has 1 aromatic carbocycles. The van der Waals surface area contributed by atoms with Gasteiger partial charge in [0, 0.05) is 12.1 Å². The van der Waals surface area contributed by atoms with E-state index in [1.165, 1.54) is 0 Å².